The Morgan fingerprint density at radius 1 is 1.11 bits per heavy atom. The number of nitrogens with zero attached hydrogens (tertiary/aromatic N) is 2. The van der Waals surface area contributed by atoms with Crippen molar-refractivity contribution in [1.29, 1.82) is 0 Å². The van der Waals surface area contributed by atoms with Gasteiger partial charge in [-0.2, -0.15) is 0 Å². The van der Waals surface area contributed by atoms with E-state index in [1.54, 1.807) is 11.4 Å². The number of thiophene rings is 1. The van der Waals surface area contributed by atoms with Crippen molar-refractivity contribution in [1.82, 2.24) is 10.2 Å². The Morgan fingerprint density at radius 2 is 1.93 bits per heavy atom. The van der Waals surface area contributed by atoms with Crippen LogP contribution in [0, 0.1) is 0 Å². The molecule has 2 amide bonds. The highest BCUT2D eigenvalue weighted by Crippen LogP contribution is 2.27. The quantitative estimate of drug-likeness (QED) is 0.468. The lowest BCUT2D eigenvalue weighted by Crippen LogP contribution is -2.17. The largest absolute Gasteiger partial charge is 0.411 e. The zero-order valence-corrected chi connectivity index (χ0v) is 16.0. The number of amides is 2. The third-order valence-electron chi connectivity index (χ3n) is 3.91. The first kappa shape index (κ1) is 18.2. The molecular formula is C19H14N4O3S2. The molecule has 28 heavy (non-hydrogen) atoms. The van der Waals surface area contributed by atoms with Gasteiger partial charge in [0.2, 0.25) is 11.8 Å². The van der Waals surface area contributed by atoms with Gasteiger partial charge in [-0.25, -0.2) is 0 Å². The second kappa shape index (κ2) is 7.83. The topological polar surface area (TPSA) is 111 Å². The number of carbonyl (C=O) groups excluding carboxylic acids is 2. The third kappa shape index (κ3) is 3.90. The third-order valence-corrected chi connectivity index (χ3v) is 5.56. The average molecular weight is 410 g/mol. The summed E-state index contributed by atoms with van der Waals surface area (Å²) in [6, 6.07) is 15.5. The minimum atomic E-state index is -0.582. The van der Waals surface area contributed by atoms with Crippen molar-refractivity contribution in [3.63, 3.8) is 0 Å². The van der Waals surface area contributed by atoms with E-state index in [2.05, 4.69) is 15.5 Å². The van der Waals surface area contributed by atoms with Crippen molar-refractivity contribution in [3.05, 3.63) is 59.5 Å². The molecule has 0 aliphatic rings. The van der Waals surface area contributed by atoms with Crippen LogP contribution < -0.4 is 11.1 Å². The van der Waals surface area contributed by atoms with E-state index in [1.807, 2.05) is 42.5 Å². The number of anilines is 1. The smallest absolute Gasteiger partial charge is 0.277 e. The van der Waals surface area contributed by atoms with E-state index in [4.69, 9.17) is 10.2 Å². The van der Waals surface area contributed by atoms with Gasteiger partial charge in [0.25, 0.3) is 11.1 Å². The summed E-state index contributed by atoms with van der Waals surface area (Å²) in [7, 11) is 0. The number of nitrogens with one attached hydrogen (secondary N) is 1. The lowest BCUT2D eigenvalue weighted by atomic mass is 10.1. The van der Waals surface area contributed by atoms with Crippen LogP contribution in [0.25, 0.3) is 22.2 Å². The molecule has 0 fully saturated rings. The summed E-state index contributed by atoms with van der Waals surface area (Å²) in [6.45, 7) is 0. The van der Waals surface area contributed by atoms with Crippen molar-refractivity contribution in [2.45, 2.75) is 5.22 Å². The molecule has 9 heteroatoms. The number of hydrogen-bond donors (Lipinski definition) is 2. The minimum Gasteiger partial charge on any atom is -0.411 e. The molecular weight excluding hydrogens is 396 g/mol. The highest BCUT2D eigenvalue weighted by molar-refractivity contribution is 7.99. The van der Waals surface area contributed by atoms with Crippen molar-refractivity contribution in [2.24, 2.45) is 5.73 Å². The molecule has 0 spiro atoms. The Morgan fingerprint density at radius 3 is 2.75 bits per heavy atom. The molecule has 0 unspecified atom stereocenters. The standard InChI is InChI=1S/C19H14N4O3S2/c20-16(25)14-7-8-27-18(14)21-15(24)10-28-19-23-22-17(26-19)13-6-5-11-3-1-2-4-12(11)9-13/h1-9H,10H2,(H2,20,25)(H,21,24). The molecule has 0 radical (unpaired) electrons. The highest BCUT2D eigenvalue weighted by Gasteiger charge is 2.15. The van der Waals surface area contributed by atoms with Crippen LogP contribution in [0.3, 0.4) is 0 Å². The zero-order chi connectivity index (χ0) is 19.5. The maximum atomic E-state index is 12.1. The Labute approximate surface area is 168 Å². The summed E-state index contributed by atoms with van der Waals surface area (Å²) in [4.78, 5) is 23.4. The predicted octanol–water partition coefficient (Wildman–Crippen LogP) is 3.78. The van der Waals surface area contributed by atoms with Crippen LogP contribution in [0.5, 0.6) is 0 Å². The van der Waals surface area contributed by atoms with Crippen LogP contribution >= 0.6 is 23.1 Å². The summed E-state index contributed by atoms with van der Waals surface area (Å²) >= 11 is 2.36. The molecule has 0 atom stereocenters. The Bertz CT molecular complexity index is 1170. The van der Waals surface area contributed by atoms with E-state index in [0.717, 1.165) is 28.1 Å². The van der Waals surface area contributed by atoms with Gasteiger partial charge in [0.1, 0.15) is 5.00 Å². The molecule has 0 saturated carbocycles. The van der Waals surface area contributed by atoms with Gasteiger partial charge in [0.05, 0.1) is 11.3 Å². The molecule has 7 nitrogen and oxygen atoms in total. The lowest BCUT2D eigenvalue weighted by Gasteiger charge is -2.03. The van der Waals surface area contributed by atoms with Crippen molar-refractivity contribution >= 4 is 50.7 Å². The number of rotatable bonds is 6. The fraction of sp³-hybridized carbons (Fsp3) is 0.0526. The molecule has 0 aliphatic heterocycles. The molecule has 3 N–H and O–H groups in total. The first-order valence-electron chi connectivity index (χ1n) is 8.23. The SMILES string of the molecule is NC(=O)c1ccsc1NC(=O)CSc1nnc(-c2ccc3ccccc3c2)o1. The second-order valence-electron chi connectivity index (χ2n) is 5.80. The van der Waals surface area contributed by atoms with Crippen molar-refractivity contribution < 1.29 is 14.0 Å². The van der Waals surface area contributed by atoms with E-state index in [0.29, 0.717) is 21.7 Å². The Hall–Kier alpha value is -3.17. The first-order valence-corrected chi connectivity index (χ1v) is 10.1. The van der Waals surface area contributed by atoms with Gasteiger partial charge < -0.3 is 15.5 Å². The highest BCUT2D eigenvalue weighted by atomic mass is 32.2. The molecule has 0 bridgehead atoms. The molecule has 2 aromatic carbocycles. The van der Waals surface area contributed by atoms with Crippen LogP contribution in [0.4, 0.5) is 5.00 Å². The number of carbonyl (C=O) groups is 2. The number of hydrogen-bond acceptors (Lipinski definition) is 7. The summed E-state index contributed by atoms with van der Waals surface area (Å²) in [5, 5.41) is 15.3. The Balaban J connectivity index is 1.41. The van der Waals surface area contributed by atoms with E-state index in [9.17, 15) is 9.59 Å². The predicted molar refractivity (Wildman–Crippen MR) is 109 cm³/mol. The van der Waals surface area contributed by atoms with Crippen LogP contribution in [-0.4, -0.2) is 27.8 Å². The van der Waals surface area contributed by atoms with Crippen LogP contribution in [0.15, 0.2) is 63.6 Å². The lowest BCUT2D eigenvalue weighted by molar-refractivity contribution is -0.113. The van der Waals surface area contributed by atoms with E-state index >= 15 is 0 Å². The molecule has 2 heterocycles. The number of aromatic nitrogens is 2. The number of thioether (sulfide) groups is 1. The number of benzene rings is 2. The van der Waals surface area contributed by atoms with Crippen molar-refractivity contribution in [3.8, 4) is 11.5 Å². The summed E-state index contributed by atoms with van der Waals surface area (Å²) in [6.07, 6.45) is 0. The van der Waals surface area contributed by atoms with Gasteiger partial charge in [-0.1, -0.05) is 42.1 Å². The van der Waals surface area contributed by atoms with Gasteiger partial charge in [-0.05, 0) is 34.4 Å². The number of nitrogens with two attached hydrogens (primary N) is 1. The average Bonchev–Trinajstić information content (AvgIpc) is 3.35. The maximum Gasteiger partial charge on any atom is 0.277 e. The van der Waals surface area contributed by atoms with E-state index < -0.39 is 5.91 Å². The molecule has 2 aromatic heterocycles. The van der Waals surface area contributed by atoms with Crippen LogP contribution in [0.1, 0.15) is 10.4 Å². The summed E-state index contributed by atoms with van der Waals surface area (Å²) in [5.41, 5.74) is 6.37. The molecule has 0 aliphatic carbocycles. The summed E-state index contributed by atoms with van der Waals surface area (Å²) < 4.78 is 5.66. The molecule has 4 rings (SSSR count). The summed E-state index contributed by atoms with van der Waals surface area (Å²) in [5.74, 6) is -0.417. The number of primary amides is 1. The number of fused-ring (bicyclic) bond motifs is 1. The maximum absolute atomic E-state index is 12.1. The fourth-order valence-corrected chi connectivity index (χ4v) is 3.97. The Kier molecular flexibility index (Phi) is 5.09. The van der Waals surface area contributed by atoms with Gasteiger partial charge in [-0.15, -0.1) is 21.5 Å². The second-order valence-corrected chi connectivity index (χ2v) is 7.64. The van der Waals surface area contributed by atoms with E-state index in [1.165, 1.54) is 11.3 Å². The zero-order valence-electron chi connectivity index (χ0n) is 14.4. The van der Waals surface area contributed by atoms with Gasteiger partial charge >= 0.3 is 0 Å². The molecule has 0 saturated heterocycles. The van der Waals surface area contributed by atoms with Gasteiger partial charge in [-0.3, -0.25) is 9.59 Å². The monoisotopic (exact) mass is 410 g/mol. The van der Waals surface area contributed by atoms with E-state index in [-0.39, 0.29) is 11.7 Å². The first-order chi connectivity index (χ1) is 13.6. The fourth-order valence-electron chi connectivity index (χ4n) is 2.60. The normalized spacial score (nSPS) is 10.9. The van der Waals surface area contributed by atoms with Gasteiger partial charge in [0.15, 0.2) is 0 Å². The minimum absolute atomic E-state index is 0.0649. The van der Waals surface area contributed by atoms with Crippen LogP contribution in [-0.2, 0) is 4.79 Å². The van der Waals surface area contributed by atoms with Crippen LogP contribution in [0.2, 0.25) is 0 Å². The molecule has 4 aromatic rings. The van der Waals surface area contributed by atoms with Gasteiger partial charge in [0, 0.05) is 5.56 Å². The molecule has 140 valence electrons. The van der Waals surface area contributed by atoms with Crippen molar-refractivity contribution in [2.75, 3.05) is 11.1 Å².